The summed E-state index contributed by atoms with van der Waals surface area (Å²) >= 11 is -1.25. The third-order valence-electron chi connectivity index (χ3n) is 0.655. The molecule has 44 valence electrons. The first kappa shape index (κ1) is 7.76. The molecule has 2 heteroatoms. The van der Waals surface area contributed by atoms with Gasteiger partial charge in [0, 0.05) is 0 Å². The van der Waals surface area contributed by atoms with E-state index in [4.69, 9.17) is 3.07 Å². The zero-order valence-electron chi connectivity index (χ0n) is 5.40. The molecule has 0 fully saturated rings. The summed E-state index contributed by atoms with van der Waals surface area (Å²) in [5.41, 5.74) is 0. The Morgan fingerprint density at radius 1 is 1.43 bits per heavy atom. The van der Waals surface area contributed by atoms with Crippen LogP contribution in [0.2, 0.25) is 9.88 Å². The van der Waals surface area contributed by atoms with Gasteiger partial charge in [-0.05, 0) is 0 Å². The van der Waals surface area contributed by atoms with E-state index in [0.29, 0.717) is 0 Å². The molecule has 1 nitrogen and oxygen atoms in total. The number of hydrogen-bond donors (Lipinski definition) is 0. The van der Waals surface area contributed by atoms with Gasteiger partial charge in [0.25, 0.3) is 0 Å². The zero-order valence-corrected chi connectivity index (χ0v) is 8.70. The Labute approximate surface area is 53.3 Å². The van der Waals surface area contributed by atoms with Crippen LogP contribution < -0.4 is 0 Å². The molecule has 0 aromatic carbocycles. The average molecular weight is 209 g/mol. The topological polar surface area (TPSA) is 9.23 Å². The molecule has 0 heterocycles. The van der Waals surface area contributed by atoms with Gasteiger partial charge in [-0.25, -0.2) is 0 Å². The van der Waals surface area contributed by atoms with Crippen LogP contribution in [0.15, 0.2) is 0 Å². The molecule has 0 aliphatic rings. The van der Waals surface area contributed by atoms with Crippen molar-refractivity contribution in [2.45, 2.75) is 23.2 Å². The average Bonchev–Trinajstić information content (AvgIpc) is 1.61. The summed E-state index contributed by atoms with van der Waals surface area (Å²) in [7, 11) is 0. The van der Waals surface area contributed by atoms with Gasteiger partial charge in [-0.2, -0.15) is 0 Å². The van der Waals surface area contributed by atoms with E-state index in [-0.39, 0.29) is 0 Å². The summed E-state index contributed by atoms with van der Waals surface area (Å²) in [6.45, 7) is 3.14. The van der Waals surface area contributed by atoms with Crippen molar-refractivity contribution in [1.82, 2.24) is 0 Å². The molecule has 0 saturated heterocycles. The summed E-state index contributed by atoms with van der Waals surface area (Å²) in [4.78, 5) is 4.52. The van der Waals surface area contributed by atoms with Crippen molar-refractivity contribution in [3.63, 3.8) is 0 Å². The predicted molar refractivity (Wildman–Crippen MR) is 35.1 cm³/mol. The first-order valence-corrected chi connectivity index (χ1v) is 10.8. The van der Waals surface area contributed by atoms with Crippen LogP contribution in [0.1, 0.15) is 13.3 Å². The fourth-order valence-electron chi connectivity index (χ4n) is 0.354. The quantitative estimate of drug-likeness (QED) is 0.638. The molecule has 0 saturated carbocycles. The normalized spacial score (nSPS) is 10.3. The van der Waals surface area contributed by atoms with Gasteiger partial charge in [0.05, 0.1) is 0 Å². The monoisotopic (exact) mass is 210 g/mol. The maximum atomic E-state index is 5.40. The van der Waals surface area contributed by atoms with Crippen molar-refractivity contribution < 1.29 is 3.07 Å². The summed E-state index contributed by atoms with van der Waals surface area (Å²) in [6, 6.07) is 0. The molecule has 0 aliphatic heterocycles. The first-order chi connectivity index (χ1) is 3.27. The van der Waals surface area contributed by atoms with Crippen LogP contribution in [0.5, 0.6) is 0 Å². The first-order valence-electron chi connectivity index (χ1n) is 2.89. The molecule has 0 N–H and O–H groups in total. The second-order valence-electron chi connectivity index (χ2n) is 1.92. The number of rotatable bonds is 3. The van der Waals surface area contributed by atoms with Crippen LogP contribution in [-0.4, -0.2) is 26.8 Å². The second kappa shape index (κ2) is 4.91. The van der Waals surface area contributed by atoms with Crippen LogP contribution in [0.25, 0.3) is 0 Å². The number of hydrogen-bond acceptors (Lipinski definition) is 1. The van der Waals surface area contributed by atoms with Crippen LogP contribution in [0.4, 0.5) is 0 Å². The van der Waals surface area contributed by atoms with E-state index in [2.05, 4.69) is 16.8 Å². The minimum absolute atomic E-state index is 0.994. The zero-order chi connectivity index (χ0) is 5.70. The molecule has 0 bridgehead atoms. The third-order valence-corrected chi connectivity index (χ3v) is 3.23. The molecule has 0 spiro atoms. The summed E-state index contributed by atoms with van der Waals surface area (Å²) < 4.78 is 5.40. The van der Waals surface area contributed by atoms with E-state index in [0.717, 1.165) is 6.61 Å². The molecule has 0 rings (SSSR count). The molecule has 0 aromatic rings. The van der Waals surface area contributed by atoms with Crippen molar-refractivity contribution >= 4 is 20.2 Å². The summed E-state index contributed by atoms with van der Waals surface area (Å²) in [5, 5.41) is 0. The molecule has 0 atom stereocenters. The fraction of sp³-hybridized carbons (Fsp3) is 1.00. The summed E-state index contributed by atoms with van der Waals surface area (Å²) in [5.74, 6) is 0. The van der Waals surface area contributed by atoms with E-state index in [1.165, 1.54) is 6.42 Å². The van der Waals surface area contributed by atoms with Crippen molar-refractivity contribution in [1.29, 1.82) is 0 Å². The van der Waals surface area contributed by atoms with E-state index in [1.807, 2.05) is 0 Å². The Hall–Kier alpha value is 0.759. The molecular formula is C5H14OSn. The van der Waals surface area contributed by atoms with Gasteiger partial charge in [-0.15, -0.1) is 0 Å². The standard InChI is InChI=1S/C3H7O.2CH3.Sn.H/c1-2-3-4;;;;/h2-3H2,1H3;2*1H3;;/q-1;;;+1;. The molecule has 0 aromatic heterocycles. The van der Waals surface area contributed by atoms with Crippen LogP contribution >= 0.6 is 0 Å². The Morgan fingerprint density at radius 3 is 2.14 bits per heavy atom. The van der Waals surface area contributed by atoms with Gasteiger partial charge >= 0.3 is 53.1 Å². The van der Waals surface area contributed by atoms with E-state index >= 15 is 0 Å². The Balaban J connectivity index is 2.68. The molecule has 0 radical (unpaired) electrons. The molecule has 0 aliphatic carbocycles. The van der Waals surface area contributed by atoms with E-state index in [9.17, 15) is 0 Å². The maximum absolute atomic E-state index is 5.40. The van der Waals surface area contributed by atoms with Gasteiger partial charge in [0.1, 0.15) is 0 Å². The minimum atomic E-state index is -1.25. The molecule has 7 heavy (non-hydrogen) atoms. The Kier molecular flexibility index (Phi) is 5.44. The molecule has 0 unspecified atom stereocenters. The Morgan fingerprint density at radius 2 is 2.00 bits per heavy atom. The summed E-state index contributed by atoms with van der Waals surface area (Å²) in [6.07, 6.45) is 1.18. The second-order valence-corrected chi connectivity index (χ2v) is 8.86. The third kappa shape index (κ3) is 6.76. The van der Waals surface area contributed by atoms with E-state index in [1.54, 1.807) is 0 Å². The molecular weight excluding hydrogens is 195 g/mol. The van der Waals surface area contributed by atoms with E-state index < -0.39 is 20.2 Å². The van der Waals surface area contributed by atoms with Crippen LogP contribution in [0, 0.1) is 0 Å². The van der Waals surface area contributed by atoms with Crippen LogP contribution in [-0.2, 0) is 3.07 Å². The molecule has 0 amide bonds. The Bertz CT molecular complexity index is 37.1. The van der Waals surface area contributed by atoms with Gasteiger partial charge in [-0.1, -0.05) is 0 Å². The van der Waals surface area contributed by atoms with Crippen molar-refractivity contribution in [2.24, 2.45) is 0 Å². The van der Waals surface area contributed by atoms with Crippen molar-refractivity contribution in [2.75, 3.05) is 6.61 Å². The van der Waals surface area contributed by atoms with Crippen molar-refractivity contribution in [3.05, 3.63) is 0 Å². The van der Waals surface area contributed by atoms with Gasteiger partial charge in [-0.3, -0.25) is 0 Å². The SMILES string of the molecule is CCC[O][SnH]([CH3])[CH3]. The van der Waals surface area contributed by atoms with Crippen LogP contribution in [0.3, 0.4) is 0 Å². The van der Waals surface area contributed by atoms with Gasteiger partial charge < -0.3 is 0 Å². The van der Waals surface area contributed by atoms with Gasteiger partial charge in [0.2, 0.25) is 0 Å². The predicted octanol–water partition coefficient (Wildman–Crippen LogP) is 1.40. The van der Waals surface area contributed by atoms with Crippen molar-refractivity contribution in [3.8, 4) is 0 Å². The fourth-order valence-corrected chi connectivity index (χ4v) is 2.37. The van der Waals surface area contributed by atoms with Gasteiger partial charge in [0.15, 0.2) is 0 Å².